The third-order valence-electron chi connectivity index (χ3n) is 3.68. The van der Waals surface area contributed by atoms with E-state index in [1.807, 2.05) is 0 Å². The number of hydrogen-bond donors (Lipinski definition) is 2. The normalized spacial score (nSPS) is 13.0. The fourth-order valence-corrected chi connectivity index (χ4v) is 2.86. The molecule has 28 heavy (non-hydrogen) atoms. The Labute approximate surface area is 165 Å². The largest absolute Gasteiger partial charge is 0.465 e. The van der Waals surface area contributed by atoms with Crippen LogP contribution in [0.5, 0.6) is 0 Å². The zero-order valence-electron chi connectivity index (χ0n) is 15.3. The van der Waals surface area contributed by atoms with Crippen molar-refractivity contribution in [1.82, 2.24) is 30.4 Å². The van der Waals surface area contributed by atoms with Crippen molar-refractivity contribution >= 4 is 29.5 Å². The first kappa shape index (κ1) is 19.8. The molecule has 0 radical (unpaired) electrons. The van der Waals surface area contributed by atoms with Gasteiger partial charge in [-0.1, -0.05) is 11.8 Å². The molecule has 0 unspecified atom stereocenters. The van der Waals surface area contributed by atoms with Crippen molar-refractivity contribution in [3.8, 4) is 5.82 Å². The highest BCUT2D eigenvalue weighted by Crippen LogP contribution is 2.19. The average Bonchev–Trinajstić information content (AvgIpc) is 3.36. The molecule has 1 saturated carbocycles. The average molecular weight is 404 g/mol. The number of hydrogen-bond acceptors (Lipinski definition) is 8. The van der Waals surface area contributed by atoms with Crippen LogP contribution in [-0.2, 0) is 14.3 Å². The molecule has 2 aromatic rings. The van der Waals surface area contributed by atoms with Crippen LogP contribution in [0.4, 0.5) is 0 Å². The van der Waals surface area contributed by atoms with E-state index < -0.39 is 5.97 Å². The number of carbonyl (C=O) groups excluding carboxylic acids is 3. The summed E-state index contributed by atoms with van der Waals surface area (Å²) in [4.78, 5) is 43.3. The molecule has 1 aliphatic carbocycles. The maximum Gasteiger partial charge on any atom is 0.325 e. The van der Waals surface area contributed by atoms with E-state index in [-0.39, 0.29) is 36.8 Å². The molecule has 10 nitrogen and oxygen atoms in total. The molecule has 11 heteroatoms. The third-order valence-corrected chi connectivity index (χ3v) is 4.61. The van der Waals surface area contributed by atoms with E-state index in [0.29, 0.717) is 16.5 Å². The van der Waals surface area contributed by atoms with E-state index in [9.17, 15) is 14.4 Å². The lowest BCUT2D eigenvalue weighted by atomic mass is 10.4. The van der Waals surface area contributed by atoms with E-state index in [1.54, 1.807) is 25.3 Å². The number of esters is 1. The summed E-state index contributed by atoms with van der Waals surface area (Å²) in [6.45, 7) is 1.80. The Morgan fingerprint density at radius 1 is 1.32 bits per heavy atom. The van der Waals surface area contributed by atoms with Crippen LogP contribution < -0.4 is 10.6 Å². The minimum atomic E-state index is -0.481. The molecular formula is C17H20N6O4S. The lowest BCUT2D eigenvalue weighted by molar-refractivity contribution is -0.143. The topological polar surface area (TPSA) is 128 Å². The maximum absolute atomic E-state index is 12.0. The van der Waals surface area contributed by atoms with Crippen LogP contribution in [-0.4, -0.2) is 62.5 Å². The van der Waals surface area contributed by atoms with E-state index in [1.165, 1.54) is 22.8 Å². The monoisotopic (exact) mass is 404 g/mol. The molecule has 3 rings (SSSR count). The highest BCUT2D eigenvalue weighted by molar-refractivity contribution is 7.99. The summed E-state index contributed by atoms with van der Waals surface area (Å²) in [7, 11) is 0. The molecule has 0 aromatic carbocycles. The smallest absolute Gasteiger partial charge is 0.325 e. The van der Waals surface area contributed by atoms with Crippen molar-refractivity contribution in [3.05, 3.63) is 30.4 Å². The Morgan fingerprint density at radius 2 is 2.14 bits per heavy atom. The molecule has 2 N–H and O–H groups in total. The van der Waals surface area contributed by atoms with Gasteiger partial charge in [0.15, 0.2) is 11.5 Å². The number of nitrogens with zero attached hydrogens (tertiary/aromatic N) is 4. The van der Waals surface area contributed by atoms with Gasteiger partial charge in [-0.2, -0.15) is 5.10 Å². The van der Waals surface area contributed by atoms with Gasteiger partial charge in [-0.15, -0.1) is 0 Å². The third kappa shape index (κ3) is 5.78. The summed E-state index contributed by atoms with van der Waals surface area (Å²) < 4.78 is 6.22. The first-order valence-corrected chi connectivity index (χ1v) is 9.77. The van der Waals surface area contributed by atoms with Crippen LogP contribution in [0.25, 0.3) is 5.82 Å². The van der Waals surface area contributed by atoms with Crippen LogP contribution in [0.1, 0.15) is 30.3 Å². The first-order valence-electron chi connectivity index (χ1n) is 8.79. The van der Waals surface area contributed by atoms with Gasteiger partial charge in [0.05, 0.1) is 12.4 Å². The summed E-state index contributed by atoms with van der Waals surface area (Å²) in [6, 6.07) is 3.55. The standard InChI is InChI=1S/C17H20N6O4S/c1-2-27-16(25)8-18-14(24)9-28-15-7-13(19-10-20-15)23-6-5-12(22-23)17(26)21-11-3-4-11/h5-7,10-11H,2-4,8-9H2,1H3,(H,18,24)(H,21,26). The van der Waals surface area contributed by atoms with Crippen LogP contribution >= 0.6 is 11.8 Å². The highest BCUT2D eigenvalue weighted by atomic mass is 32.2. The van der Waals surface area contributed by atoms with Gasteiger partial charge in [-0.25, -0.2) is 14.6 Å². The zero-order valence-corrected chi connectivity index (χ0v) is 16.1. The van der Waals surface area contributed by atoms with Gasteiger partial charge in [-0.05, 0) is 25.8 Å². The fraction of sp³-hybridized carbons (Fsp3) is 0.412. The summed E-state index contributed by atoms with van der Waals surface area (Å²) in [5, 5.41) is 10.2. The fourth-order valence-electron chi connectivity index (χ4n) is 2.17. The number of rotatable bonds is 9. The van der Waals surface area contributed by atoms with Gasteiger partial charge in [0, 0.05) is 18.3 Å². The van der Waals surface area contributed by atoms with Gasteiger partial charge in [0.2, 0.25) is 5.91 Å². The van der Waals surface area contributed by atoms with Gasteiger partial charge < -0.3 is 15.4 Å². The molecule has 1 fully saturated rings. The molecule has 0 aliphatic heterocycles. The number of nitrogens with one attached hydrogen (secondary N) is 2. The minimum Gasteiger partial charge on any atom is -0.465 e. The minimum absolute atomic E-state index is 0.0873. The quantitative estimate of drug-likeness (QED) is 0.348. The molecule has 0 atom stereocenters. The van der Waals surface area contributed by atoms with Crippen LogP contribution in [0.2, 0.25) is 0 Å². The zero-order chi connectivity index (χ0) is 19.9. The Kier molecular flexibility index (Phi) is 6.58. The lowest BCUT2D eigenvalue weighted by Gasteiger charge is -2.05. The Bertz CT molecular complexity index is 867. The van der Waals surface area contributed by atoms with Crippen molar-refractivity contribution in [1.29, 1.82) is 0 Å². The highest BCUT2D eigenvalue weighted by Gasteiger charge is 2.24. The van der Waals surface area contributed by atoms with Crippen molar-refractivity contribution in [2.24, 2.45) is 0 Å². The Hall–Kier alpha value is -2.95. The van der Waals surface area contributed by atoms with Gasteiger partial charge >= 0.3 is 5.97 Å². The van der Waals surface area contributed by atoms with Crippen LogP contribution in [0.3, 0.4) is 0 Å². The predicted octanol–water partition coefficient (Wildman–Crippen LogP) is 0.326. The maximum atomic E-state index is 12.0. The molecular weight excluding hydrogens is 384 g/mol. The summed E-state index contributed by atoms with van der Waals surface area (Å²) in [5.41, 5.74) is 0.318. The molecule has 0 spiro atoms. The van der Waals surface area contributed by atoms with Gasteiger partial charge in [-0.3, -0.25) is 14.4 Å². The molecule has 0 bridgehead atoms. The Morgan fingerprint density at radius 3 is 2.89 bits per heavy atom. The molecule has 0 saturated heterocycles. The second-order valence-corrected chi connectivity index (χ2v) is 6.97. The molecule has 1 aliphatic rings. The van der Waals surface area contributed by atoms with E-state index >= 15 is 0 Å². The number of thioether (sulfide) groups is 1. The number of carbonyl (C=O) groups is 3. The Balaban J connectivity index is 1.53. The predicted molar refractivity (Wildman–Crippen MR) is 100 cm³/mol. The van der Waals surface area contributed by atoms with Crippen molar-refractivity contribution in [2.75, 3.05) is 18.9 Å². The van der Waals surface area contributed by atoms with E-state index in [0.717, 1.165) is 12.8 Å². The second-order valence-electron chi connectivity index (χ2n) is 5.98. The van der Waals surface area contributed by atoms with Gasteiger partial charge in [0.1, 0.15) is 17.9 Å². The molecule has 2 amide bonds. The summed E-state index contributed by atoms with van der Waals surface area (Å²) in [5.74, 6) is -0.427. The van der Waals surface area contributed by atoms with E-state index in [4.69, 9.17) is 4.74 Å². The molecule has 148 valence electrons. The van der Waals surface area contributed by atoms with Gasteiger partial charge in [0.25, 0.3) is 5.91 Å². The lowest BCUT2D eigenvalue weighted by Crippen LogP contribution is -2.31. The molecule has 2 aromatic heterocycles. The SMILES string of the molecule is CCOC(=O)CNC(=O)CSc1cc(-n2ccc(C(=O)NC3CC3)n2)ncn1. The van der Waals surface area contributed by atoms with Crippen molar-refractivity contribution in [2.45, 2.75) is 30.8 Å². The summed E-state index contributed by atoms with van der Waals surface area (Å²) in [6.07, 6.45) is 5.02. The first-order chi connectivity index (χ1) is 13.5. The van der Waals surface area contributed by atoms with Crippen LogP contribution in [0.15, 0.2) is 29.7 Å². The summed E-state index contributed by atoms with van der Waals surface area (Å²) >= 11 is 1.20. The van der Waals surface area contributed by atoms with Crippen molar-refractivity contribution in [3.63, 3.8) is 0 Å². The number of ether oxygens (including phenoxy) is 1. The number of aromatic nitrogens is 4. The van der Waals surface area contributed by atoms with Crippen LogP contribution in [0, 0.1) is 0 Å². The molecule has 2 heterocycles. The van der Waals surface area contributed by atoms with Crippen molar-refractivity contribution < 1.29 is 19.1 Å². The second kappa shape index (κ2) is 9.31. The van der Waals surface area contributed by atoms with E-state index in [2.05, 4.69) is 25.7 Å². The number of amides is 2.